The minimum absolute atomic E-state index is 0.0707. The van der Waals surface area contributed by atoms with E-state index in [-0.39, 0.29) is 6.04 Å². The first-order valence-electron chi connectivity index (χ1n) is 10.8. The number of nitrogens with two attached hydrogens (primary N) is 1. The summed E-state index contributed by atoms with van der Waals surface area (Å²) in [5.74, 6) is 2.12. The highest BCUT2D eigenvalue weighted by Crippen LogP contribution is 2.42. The summed E-state index contributed by atoms with van der Waals surface area (Å²) in [4.78, 5) is 7.52. The SMILES string of the molecule is C=C[C@H]1CN2CC[C@H]1C[C@H]2C(N)c1cc(-c2ccccc2)nc2ccc(OC)cc12. The van der Waals surface area contributed by atoms with Gasteiger partial charge in [0.15, 0.2) is 0 Å². The summed E-state index contributed by atoms with van der Waals surface area (Å²) in [6, 6.07) is 18.9. The molecule has 0 amide bonds. The van der Waals surface area contributed by atoms with Crippen molar-refractivity contribution in [2.75, 3.05) is 20.2 Å². The van der Waals surface area contributed by atoms with Crippen LogP contribution in [0.15, 0.2) is 67.3 Å². The number of methoxy groups -OCH3 is 1. The topological polar surface area (TPSA) is 51.4 Å². The molecule has 4 heterocycles. The van der Waals surface area contributed by atoms with Crippen molar-refractivity contribution in [2.45, 2.75) is 24.9 Å². The van der Waals surface area contributed by atoms with E-state index in [0.29, 0.717) is 17.9 Å². The predicted octanol–water partition coefficient (Wildman–Crippen LogP) is 4.81. The third-order valence-corrected chi connectivity index (χ3v) is 7.04. The van der Waals surface area contributed by atoms with Crippen molar-refractivity contribution in [3.8, 4) is 17.0 Å². The first kappa shape index (κ1) is 19.3. The standard InChI is InChI=1S/C26H29N3O/c1-3-17-16-29-12-11-19(17)13-25(29)26(27)22-15-24(18-7-5-4-6-8-18)28-23-10-9-20(30-2)14-21(22)23/h3-10,14-15,17,19,25-26H,1,11-13,16,27H2,2H3/t17-,19-,25-,26?/m0/s1. The molecule has 30 heavy (non-hydrogen) atoms. The summed E-state index contributed by atoms with van der Waals surface area (Å²) in [5, 5.41) is 1.09. The fourth-order valence-corrected chi connectivity index (χ4v) is 5.35. The van der Waals surface area contributed by atoms with Crippen LogP contribution >= 0.6 is 0 Å². The van der Waals surface area contributed by atoms with Crippen LogP contribution in [0.4, 0.5) is 0 Å². The Hall–Kier alpha value is -2.69. The first-order valence-corrected chi connectivity index (χ1v) is 10.8. The number of piperidine rings is 3. The quantitative estimate of drug-likeness (QED) is 0.626. The van der Waals surface area contributed by atoms with Gasteiger partial charge >= 0.3 is 0 Å². The number of fused-ring (bicyclic) bond motifs is 4. The Kier molecular flexibility index (Phi) is 5.05. The molecule has 3 aliphatic rings. The Morgan fingerprint density at radius 2 is 2.03 bits per heavy atom. The molecule has 2 unspecified atom stereocenters. The van der Waals surface area contributed by atoms with E-state index in [9.17, 15) is 0 Å². The highest BCUT2D eigenvalue weighted by molar-refractivity contribution is 5.87. The lowest BCUT2D eigenvalue weighted by molar-refractivity contribution is 0.00750. The van der Waals surface area contributed by atoms with E-state index in [1.165, 1.54) is 6.42 Å². The summed E-state index contributed by atoms with van der Waals surface area (Å²) in [5.41, 5.74) is 11.2. The van der Waals surface area contributed by atoms with Crippen LogP contribution in [-0.4, -0.2) is 36.1 Å². The molecule has 2 N–H and O–H groups in total. The Labute approximate surface area is 178 Å². The largest absolute Gasteiger partial charge is 0.497 e. The van der Waals surface area contributed by atoms with Crippen LogP contribution in [0.1, 0.15) is 24.4 Å². The zero-order chi connectivity index (χ0) is 20.7. The third-order valence-electron chi connectivity index (χ3n) is 7.04. The van der Waals surface area contributed by atoms with Gasteiger partial charge in [-0.25, -0.2) is 4.98 Å². The van der Waals surface area contributed by atoms with Gasteiger partial charge in [-0.05, 0) is 61.1 Å². The van der Waals surface area contributed by atoms with E-state index < -0.39 is 0 Å². The molecule has 6 rings (SSSR count). The molecule has 154 valence electrons. The number of benzene rings is 2. The van der Waals surface area contributed by atoms with Crippen LogP contribution in [-0.2, 0) is 0 Å². The van der Waals surface area contributed by atoms with E-state index >= 15 is 0 Å². The molecule has 0 aliphatic carbocycles. The van der Waals surface area contributed by atoms with Gasteiger partial charge in [0.05, 0.1) is 18.3 Å². The number of rotatable bonds is 5. The molecule has 4 nitrogen and oxygen atoms in total. The fraction of sp³-hybridized carbons (Fsp3) is 0.346. The number of hydrogen-bond acceptors (Lipinski definition) is 4. The van der Waals surface area contributed by atoms with Gasteiger partial charge in [-0.1, -0.05) is 36.4 Å². The Bertz CT molecular complexity index is 1060. The van der Waals surface area contributed by atoms with Crippen LogP contribution in [0.25, 0.3) is 22.2 Å². The van der Waals surface area contributed by atoms with Crippen LogP contribution in [0.5, 0.6) is 5.75 Å². The van der Waals surface area contributed by atoms with E-state index in [0.717, 1.165) is 53.0 Å². The monoisotopic (exact) mass is 399 g/mol. The summed E-state index contributed by atoms with van der Waals surface area (Å²) in [6.45, 7) is 6.26. The van der Waals surface area contributed by atoms with Crippen molar-refractivity contribution in [2.24, 2.45) is 17.6 Å². The van der Waals surface area contributed by atoms with E-state index in [2.05, 4.69) is 54.0 Å². The predicted molar refractivity (Wildman–Crippen MR) is 122 cm³/mol. The van der Waals surface area contributed by atoms with Crippen LogP contribution in [0.2, 0.25) is 0 Å². The van der Waals surface area contributed by atoms with Gasteiger partial charge in [-0.15, -0.1) is 6.58 Å². The highest BCUT2D eigenvalue weighted by atomic mass is 16.5. The van der Waals surface area contributed by atoms with Gasteiger partial charge in [-0.3, -0.25) is 4.90 Å². The lowest BCUT2D eigenvalue weighted by atomic mass is 9.73. The van der Waals surface area contributed by atoms with Crippen molar-refractivity contribution in [1.29, 1.82) is 0 Å². The molecule has 0 radical (unpaired) electrons. The molecular formula is C26H29N3O. The molecule has 5 atom stereocenters. The molecule has 4 heteroatoms. The van der Waals surface area contributed by atoms with Gasteiger partial charge in [0.2, 0.25) is 0 Å². The fourth-order valence-electron chi connectivity index (χ4n) is 5.35. The van der Waals surface area contributed by atoms with Crippen molar-refractivity contribution < 1.29 is 4.74 Å². The average Bonchev–Trinajstić information content (AvgIpc) is 2.83. The van der Waals surface area contributed by atoms with Crippen LogP contribution in [0.3, 0.4) is 0 Å². The number of ether oxygens (including phenoxy) is 1. The van der Waals surface area contributed by atoms with Gasteiger partial charge in [0.25, 0.3) is 0 Å². The maximum absolute atomic E-state index is 7.01. The zero-order valence-corrected chi connectivity index (χ0v) is 17.5. The van der Waals surface area contributed by atoms with Crippen molar-refractivity contribution in [3.63, 3.8) is 0 Å². The number of nitrogens with zero attached hydrogens (tertiary/aromatic N) is 2. The van der Waals surface area contributed by atoms with E-state index in [4.69, 9.17) is 15.5 Å². The Morgan fingerprint density at radius 1 is 1.20 bits per heavy atom. The maximum Gasteiger partial charge on any atom is 0.119 e. The average molecular weight is 400 g/mol. The molecule has 2 bridgehead atoms. The lowest BCUT2D eigenvalue weighted by Gasteiger charge is -2.51. The highest BCUT2D eigenvalue weighted by Gasteiger charge is 2.41. The zero-order valence-electron chi connectivity index (χ0n) is 17.5. The van der Waals surface area contributed by atoms with Crippen LogP contribution < -0.4 is 10.5 Å². The second-order valence-electron chi connectivity index (χ2n) is 8.62. The molecule has 2 aromatic carbocycles. The normalized spacial score (nSPS) is 26.5. The summed E-state index contributed by atoms with van der Waals surface area (Å²) >= 11 is 0. The summed E-state index contributed by atoms with van der Waals surface area (Å²) < 4.78 is 5.51. The maximum atomic E-state index is 7.01. The first-order chi connectivity index (χ1) is 14.7. The van der Waals surface area contributed by atoms with Crippen molar-refractivity contribution in [1.82, 2.24) is 9.88 Å². The molecule has 1 aromatic heterocycles. The smallest absolute Gasteiger partial charge is 0.119 e. The second kappa shape index (κ2) is 7.86. The van der Waals surface area contributed by atoms with Gasteiger partial charge in [0, 0.05) is 29.6 Å². The molecular weight excluding hydrogens is 370 g/mol. The van der Waals surface area contributed by atoms with E-state index in [1.54, 1.807) is 7.11 Å². The van der Waals surface area contributed by atoms with Crippen molar-refractivity contribution >= 4 is 10.9 Å². The molecule has 3 aromatic rings. The molecule has 0 spiro atoms. The third kappa shape index (κ3) is 3.30. The van der Waals surface area contributed by atoms with Gasteiger partial charge in [-0.2, -0.15) is 0 Å². The molecule has 3 fully saturated rings. The van der Waals surface area contributed by atoms with Crippen LogP contribution in [0, 0.1) is 11.8 Å². The Morgan fingerprint density at radius 3 is 2.73 bits per heavy atom. The molecule has 3 aliphatic heterocycles. The van der Waals surface area contributed by atoms with E-state index in [1.807, 2.05) is 18.2 Å². The lowest BCUT2D eigenvalue weighted by Crippen LogP contribution is -2.56. The second-order valence-corrected chi connectivity index (χ2v) is 8.62. The number of pyridine rings is 1. The molecule has 0 saturated carbocycles. The Balaban J connectivity index is 1.60. The van der Waals surface area contributed by atoms with Gasteiger partial charge < -0.3 is 10.5 Å². The summed E-state index contributed by atoms with van der Waals surface area (Å²) in [6.07, 6.45) is 4.52. The molecule has 3 saturated heterocycles. The van der Waals surface area contributed by atoms with Crippen molar-refractivity contribution in [3.05, 3.63) is 72.8 Å². The minimum atomic E-state index is -0.0707. The minimum Gasteiger partial charge on any atom is -0.497 e. The summed E-state index contributed by atoms with van der Waals surface area (Å²) in [7, 11) is 1.70. The number of hydrogen-bond donors (Lipinski definition) is 1. The number of aromatic nitrogens is 1. The van der Waals surface area contributed by atoms with Gasteiger partial charge in [0.1, 0.15) is 5.75 Å².